The Hall–Kier alpha value is -1.70. The molecule has 140 valence electrons. The molecule has 2 aromatic rings. The van der Waals surface area contributed by atoms with Crippen LogP contribution in [0.1, 0.15) is 35.0 Å². The second kappa shape index (κ2) is 7.90. The Morgan fingerprint density at radius 2 is 2.19 bits per heavy atom. The first-order chi connectivity index (χ1) is 12.7. The van der Waals surface area contributed by atoms with Crippen molar-refractivity contribution in [2.24, 2.45) is 0 Å². The van der Waals surface area contributed by atoms with Crippen LogP contribution in [0.3, 0.4) is 0 Å². The summed E-state index contributed by atoms with van der Waals surface area (Å²) in [6.07, 6.45) is 4.09. The predicted molar refractivity (Wildman–Crippen MR) is 101 cm³/mol. The molecule has 26 heavy (non-hydrogen) atoms. The lowest BCUT2D eigenvalue weighted by Crippen LogP contribution is -2.40. The molecule has 0 saturated carbocycles. The number of rotatable bonds is 6. The molecule has 0 bridgehead atoms. The summed E-state index contributed by atoms with van der Waals surface area (Å²) in [5.74, 6) is 0.116. The Kier molecular flexibility index (Phi) is 5.38. The van der Waals surface area contributed by atoms with Crippen molar-refractivity contribution in [1.29, 1.82) is 0 Å². The molecule has 0 radical (unpaired) electrons. The number of ether oxygens (including phenoxy) is 1. The van der Waals surface area contributed by atoms with Crippen molar-refractivity contribution in [1.82, 2.24) is 19.6 Å². The molecule has 1 unspecified atom stereocenters. The van der Waals surface area contributed by atoms with Crippen LogP contribution in [0.25, 0.3) is 0 Å². The van der Waals surface area contributed by atoms with Crippen LogP contribution in [0.2, 0.25) is 0 Å². The number of aryl methyl sites for hydroxylation is 1. The highest BCUT2D eigenvalue weighted by atomic mass is 32.1. The molecule has 1 atom stereocenters. The van der Waals surface area contributed by atoms with Gasteiger partial charge in [0.15, 0.2) is 0 Å². The van der Waals surface area contributed by atoms with Gasteiger partial charge in [0.05, 0.1) is 18.3 Å². The average Bonchev–Trinajstić information content (AvgIpc) is 3.37. The van der Waals surface area contributed by atoms with Crippen LogP contribution in [-0.2, 0) is 22.6 Å². The van der Waals surface area contributed by atoms with E-state index in [9.17, 15) is 4.79 Å². The highest BCUT2D eigenvalue weighted by Gasteiger charge is 2.27. The maximum atomic E-state index is 12.2. The molecular formula is C19H26N4O2S. The molecule has 2 aliphatic rings. The smallest absolute Gasteiger partial charge is 0.248 e. The van der Waals surface area contributed by atoms with Gasteiger partial charge in [-0.2, -0.15) is 5.10 Å². The second-order valence-electron chi connectivity index (χ2n) is 7.22. The third-order valence-electron chi connectivity index (χ3n) is 5.28. The summed E-state index contributed by atoms with van der Waals surface area (Å²) in [7, 11) is 0. The summed E-state index contributed by atoms with van der Waals surface area (Å²) < 4.78 is 7.87. The number of hydrogen-bond donors (Lipinski definition) is 0. The van der Waals surface area contributed by atoms with E-state index in [0.717, 1.165) is 45.6 Å². The molecule has 0 spiro atoms. The summed E-state index contributed by atoms with van der Waals surface area (Å²) in [5, 5.41) is 6.64. The number of thiophene rings is 1. The van der Waals surface area contributed by atoms with E-state index in [4.69, 9.17) is 4.74 Å². The van der Waals surface area contributed by atoms with Crippen LogP contribution in [0.4, 0.5) is 0 Å². The fraction of sp³-hybridized carbons (Fsp3) is 0.579. The Labute approximate surface area is 158 Å². The molecule has 1 saturated heterocycles. The minimum absolute atomic E-state index is 0.116. The third-order valence-corrected chi connectivity index (χ3v) is 6.29. The van der Waals surface area contributed by atoms with Crippen LogP contribution in [0.5, 0.6) is 0 Å². The topological polar surface area (TPSA) is 50.6 Å². The zero-order chi connectivity index (χ0) is 17.9. The molecule has 7 heteroatoms. The van der Waals surface area contributed by atoms with E-state index in [-0.39, 0.29) is 18.6 Å². The minimum Gasteiger partial charge on any atom is -0.369 e. The van der Waals surface area contributed by atoms with Crippen molar-refractivity contribution in [3.8, 4) is 0 Å². The number of carbonyl (C=O) groups excluding carboxylic acids is 1. The van der Waals surface area contributed by atoms with Crippen LogP contribution in [-0.4, -0.2) is 58.3 Å². The summed E-state index contributed by atoms with van der Waals surface area (Å²) >= 11 is 1.82. The van der Waals surface area contributed by atoms with E-state index in [1.807, 2.05) is 22.4 Å². The summed E-state index contributed by atoms with van der Waals surface area (Å²) in [4.78, 5) is 17.9. The number of hydrogen-bond acceptors (Lipinski definition) is 5. The van der Waals surface area contributed by atoms with Crippen LogP contribution in [0, 0.1) is 6.92 Å². The van der Waals surface area contributed by atoms with Gasteiger partial charge in [0, 0.05) is 43.8 Å². The van der Waals surface area contributed by atoms with Gasteiger partial charge in [0.25, 0.3) is 0 Å². The number of likely N-dealkylation sites (tertiary alicyclic amines) is 1. The molecule has 2 aliphatic heterocycles. The summed E-state index contributed by atoms with van der Waals surface area (Å²) in [6.45, 7) is 7.38. The van der Waals surface area contributed by atoms with E-state index in [1.165, 1.54) is 16.1 Å². The number of amides is 1. The van der Waals surface area contributed by atoms with E-state index >= 15 is 0 Å². The van der Waals surface area contributed by atoms with E-state index in [1.54, 1.807) is 0 Å². The SMILES string of the molecule is Cc1ccsc1CN1Cc2ccnn2C(COCC(=O)N2CCCC2)C1. The Morgan fingerprint density at radius 1 is 1.35 bits per heavy atom. The highest BCUT2D eigenvalue weighted by Crippen LogP contribution is 2.25. The van der Waals surface area contributed by atoms with E-state index < -0.39 is 0 Å². The van der Waals surface area contributed by atoms with E-state index in [0.29, 0.717) is 6.61 Å². The fourth-order valence-electron chi connectivity index (χ4n) is 3.82. The van der Waals surface area contributed by atoms with E-state index in [2.05, 4.69) is 39.1 Å². The Morgan fingerprint density at radius 3 is 2.96 bits per heavy atom. The largest absolute Gasteiger partial charge is 0.369 e. The Bertz CT molecular complexity index is 750. The van der Waals surface area contributed by atoms with Crippen molar-refractivity contribution in [3.05, 3.63) is 39.8 Å². The molecule has 1 fully saturated rings. The molecule has 4 rings (SSSR count). The average molecular weight is 375 g/mol. The molecule has 0 aromatic carbocycles. The third kappa shape index (κ3) is 3.84. The first-order valence-electron chi connectivity index (χ1n) is 9.34. The van der Waals surface area contributed by atoms with Crippen LogP contribution < -0.4 is 0 Å². The minimum atomic E-state index is 0.116. The van der Waals surface area contributed by atoms with Crippen molar-refractivity contribution in [2.75, 3.05) is 32.8 Å². The van der Waals surface area contributed by atoms with Crippen molar-refractivity contribution >= 4 is 17.2 Å². The van der Waals surface area contributed by atoms with Crippen LogP contribution >= 0.6 is 11.3 Å². The standard InChI is InChI=1S/C19H26N4O2S/c1-15-5-9-26-18(15)12-21-10-16-4-6-20-23(16)17(11-21)13-25-14-19(24)22-7-2-3-8-22/h4-6,9,17H,2-3,7-8,10-14H2,1H3. The molecule has 6 nitrogen and oxygen atoms in total. The molecule has 1 amide bonds. The molecular weight excluding hydrogens is 348 g/mol. The summed E-state index contributed by atoms with van der Waals surface area (Å²) in [5.41, 5.74) is 2.57. The predicted octanol–water partition coefficient (Wildman–Crippen LogP) is 2.45. The van der Waals surface area contributed by atoms with Gasteiger partial charge in [-0.25, -0.2) is 0 Å². The van der Waals surface area contributed by atoms with Crippen LogP contribution in [0.15, 0.2) is 23.7 Å². The van der Waals surface area contributed by atoms with Gasteiger partial charge < -0.3 is 9.64 Å². The first-order valence-corrected chi connectivity index (χ1v) is 10.2. The zero-order valence-corrected chi connectivity index (χ0v) is 16.1. The zero-order valence-electron chi connectivity index (χ0n) is 15.3. The fourth-order valence-corrected chi connectivity index (χ4v) is 4.77. The molecule has 2 aromatic heterocycles. The lowest BCUT2D eigenvalue weighted by molar-refractivity contribution is -0.135. The highest BCUT2D eigenvalue weighted by molar-refractivity contribution is 7.10. The van der Waals surface area contributed by atoms with Gasteiger partial charge in [0.2, 0.25) is 5.91 Å². The van der Waals surface area contributed by atoms with Gasteiger partial charge >= 0.3 is 0 Å². The number of carbonyl (C=O) groups is 1. The quantitative estimate of drug-likeness (QED) is 0.779. The maximum absolute atomic E-state index is 12.2. The lowest BCUT2D eigenvalue weighted by atomic mass is 10.2. The van der Waals surface area contributed by atoms with Gasteiger partial charge in [-0.1, -0.05) is 0 Å². The first kappa shape index (κ1) is 17.7. The Balaban J connectivity index is 1.35. The van der Waals surface area contributed by atoms with Gasteiger partial charge in [-0.3, -0.25) is 14.4 Å². The molecule has 0 N–H and O–H groups in total. The van der Waals surface area contributed by atoms with Crippen molar-refractivity contribution in [2.45, 2.75) is 38.9 Å². The van der Waals surface area contributed by atoms with Crippen molar-refractivity contribution < 1.29 is 9.53 Å². The van der Waals surface area contributed by atoms with Gasteiger partial charge in [0.1, 0.15) is 6.61 Å². The number of aromatic nitrogens is 2. The number of fused-ring (bicyclic) bond motifs is 1. The molecule has 0 aliphatic carbocycles. The van der Waals surface area contributed by atoms with Gasteiger partial charge in [-0.15, -0.1) is 11.3 Å². The normalized spacial score (nSPS) is 20.5. The monoisotopic (exact) mass is 374 g/mol. The lowest BCUT2D eigenvalue weighted by Gasteiger charge is -2.33. The number of nitrogens with zero attached hydrogens (tertiary/aromatic N) is 4. The molecule has 4 heterocycles. The van der Waals surface area contributed by atoms with Crippen molar-refractivity contribution in [3.63, 3.8) is 0 Å². The second-order valence-corrected chi connectivity index (χ2v) is 8.22. The van der Waals surface area contributed by atoms with Gasteiger partial charge in [-0.05, 0) is 42.8 Å². The summed E-state index contributed by atoms with van der Waals surface area (Å²) in [6, 6.07) is 4.41. The maximum Gasteiger partial charge on any atom is 0.248 e.